The minimum atomic E-state index is -0.203. The van der Waals surface area contributed by atoms with Gasteiger partial charge < -0.3 is 9.47 Å². The van der Waals surface area contributed by atoms with Crippen molar-refractivity contribution in [2.75, 3.05) is 19.5 Å². The highest BCUT2D eigenvalue weighted by molar-refractivity contribution is 7.15. The van der Waals surface area contributed by atoms with Crippen LogP contribution in [0.4, 0.5) is 5.13 Å². The maximum absolute atomic E-state index is 12.1. The van der Waals surface area contributed by atoms with Crippen molar-refractivity contribution in [3.63, 3.8) is 0 Å². The number of methoxy groups -OCH3 is 2. The molecule has 5 nitrogen and oxygen atoms in total. The molecule has 1 aromatic carbocycles. The minimum Gasteiger partial charge on any atom is -0.497 e. The van der Waals surface area contributed by atoms with E-state index in [-0.39, 0.29) is 18.3 Å². The van der Waals surface area contributed by atoms with Crippen molar-refractivity contribution in [1.82, 2.24) is 4.98 Å². The van der Waals surface area contributed by atoms with Crippen LogP contribution in [0.3, 0.4) is 0 Å². The zero-order valence-corrected chi connectivity index (χ0v) is 15.8. The molecule has 0 radical (unpaired) electrons. The van der Waals surface area contributed by atoms with Crippen LogP contribution in [0, 0.1) is 0 Å². The third kappa shape index (κ3) is 4.74. The van der Waals surface area contributed by atoms with Crippen molar-refractivity contribution < 1.29 is 14.3 Å². The van der Waals surface area contributed by atoms with Crippen LogP contribution < -0.4 is 14.8 Å². The number of ether oxygens (including phenoxy) is 2. The Kier molecular flexibility index (Phi) is 6.84. The molecule has 0 saturated heterocycles. The number of benzene rings is 1. The number of carbonyl (C=O) groups excluding carboxylic acids is 1. The van der Waals surface area contributed by atoms with Crippen LogP contribution in [0.25, 0.3) is 6.08 Å². The van der Waals surface area contributed by atoms with Crippen molar-refractivity contribution in [1.29, 1.82) is 0 Å². The fourth-order valence-electron chi connectivity index (χ4n) is 2.69. The first-order chi connectivity index (χ1) is 11.7. The highest BCUT2D eigenvalue weighted by Gasteiger charge is 2.15. The van der Waals surface area contributed by atoms with E-state index in [1.165, 1.54) is 23.8 Å². The lowest BCUT2D eigenvalue weighted by Crippen LogP contribution is -2.07. The van der Waals surface area contributed by atoms with Gasteiger partial charge in [-0.15, -0.1) is 23.7 Å². The van der Waals surface area contributed by atoms with Crippen LogP contribution in [-0.4, -0.2) is 25.1 Å². The largest absolute Gasteiger partial charge is 0.497 e. The summed E-state index contributed by atoms with van der Waals surface area (Å²) in [6, 6.07) is 5.45. The van der Waals surface area contributed by atoms with Crippen molar-refractivity contribution in [2.45, 2.75) is 25.7 Å². The van der Waals surface area contributed by atoms with Crippen LogP contribution >= 0.6 is 23.7 Å². The fourth-order valence-corrected chi connectivity index (χ4v) is 3.74. The van der Waals surface area contributed by atoms with E-state index in [9.17, 15) is 4.79 Å². The average Bonchev–Trinajstić information content (AvgIpc) is 3.01. The summed E-state index contributed by atoms with van der Waals surface area (Å²) in [4.78, 5) is 18.0. The molecule has 0 aliphatic heterocycles. The Morgan fingerprint density at radius 3 is 2.76 bits per heavy atom. The predicted octanol–water partition coefficient (Wildman–Crippen LogP) is 4.11. The van der Waals surface area contributed by atoms with E-state index in [0.717, 1.165) is 24.1 Å². The number of aromatic nitrogens is 1. The van der Waals surface area contributed by atoms with E-state index in [0.29, 0.717) is 16.6 Å². The Hall–Kier alpha value is -2.05. The first-order valence-electron chi connectivity index (χ1n) is 7.89. The maximum Gasteiger partial charge on any atom is 0.250 e. The summed E-state index contributed by atoms with van der Waals surface area (Å²) in [7, 11) is 3.20. The van der Waals surface area contributed by atoms with Gasteiger partial charge in [0, 0.05) is 16.5 Å². The Bertz CT molecular complexity index is 750. The van der Waals surface area contributed by atoms with Gasteiger partial charge in [-0.1, -0.05) is 0 Å². The van der Waals surface area contributed by atoms with Gasteiger partial charge in [-0.2, -0.15) is 0 Å². The van der Waals surface area contributed by atoms with Gasteiger partial charge in [0.15, 0.2) is 5.13 Å². The number of rotatable bonds is 5. The summed E-state index contributed by atoms with van der Waals surface area (Å²) in [6.07, 6.45) is 7.66. The highest BCUT2D eigenvalue weighted by Crippen LogP contribution is 2.29. The lowest BCUT2D eigenvalue weighted by Gasteiger charge is -2.07. The van der Waals surface area contributed by atoms with Gasteiger partial charge >= 0.3 is 0 Å². The number of aryl methyl sites for hydroxylation is 2. The van der Waals surface area contributed by atoms with Gasteiger partial charge in [0.1, 0.15) is 11.5 Å². The van der Waals surface area contributed by atoms with Gasteiger partial charge in [0.25, 0.3) is 0 Å². The van der Waals surface area contributed by atoms with Crippen LogP contribution in [-0.2, 0) is 17.6 Å². The summed E-state index contributed by atoms with van der Waals surface area (Å²) in [5.41, 5.74) is 1.92. The topological polar surface area (TPSA) is 60.5 Å². The van der Waals surface area contributed by atoms with E-state index in [4.69, 9.17) is 9.47 Å². The van der Waals surface area contributed by atoms with E-state index < -0.39 is 0 Å². The molecule has 1 heterocycles. The second-order valence-corrected chi connectivity index (χ2v) is 6.61. The van der Waals surface area contributed by atoms with Crippen molar-refractivity contribution in [2.24, 2.45) is 0 Å². The third-order valence-corrected chi connectivity index (χ3v) is 5.00. The number of hydrogen-bond donors (Lipinski definition) is 1. The molecular weight excluding hydrogens is 360 g/mol. The van der Waals surface area contributed by atoms with Gasteiger partial charge in [-0.05, 0) is 50.0 Å². The van der Waals surface area contributed by atoms with Crippen LogP contribution in [0.2, 0.25) is 0 Å². The Morgan fingerprint density at radius 2 is 2.04 bits per heavy atom. The van der Waals surface area contributed by atoms with Gasteiger partial charge in [0.2, 0.25) is 5.91 Å². The molecule has 0 spiro atoms. The molecule has 134 valence electrons. The number of thiazole rings is 1. The number of anilines is 1. The smallest absolute Gasteiger partial charge is 0.250 e. The number of fused-ring (bicyclic) bond motifs is 1. The number of halogens is 1. The lowest BCUT2D eigenvalue weighted by atomic mass is 10.0. The number of carbonyl (C=O) groups is 1. The van der Waals surface area contributed by atoms with Crippen LogP contribution in [0.15, 0.2) is 24.3 Å². The molecule has 3 rings (SSSR count). The standard InChI is InChI=1S/C18H20N2O3S.ClH/c1-22-13-8-9-15(23-2)12(11-13)7-10-17(21)20-18-19-14-5-3-4-6-16(14)24-18;/h7-11H,3-6H2,1-2H3,(H,19,20,21);1H/b10-7+;. The Balaban J connectivity index is 0.00000225. The lowest BCUT2D eigenvalue weighted by molar-refractivity contribution is -0.111. The Morgan fingerprint density at radius 1 is 1.24 bits per heavy atom. The van der Waals surface area contributed by atoms with Gasteiger partial charge in [-0.3, -0.25) is 10.1 Å². The number of amides is 1. The number of nitrogens with zero attached hydrogens (tertiary/aromatic N) is 1. The SMILES string of the molecule is COc1ccc(OC)c(/C=C/C(=O)Nc2nc3c(s2)CCCC3)c1.Cl. The molecule has 1 aliphatic rings. The van der Waals surface area contributed by atoms with Gasteiger partial charge in [0.05, 0.1) is 19.9 Å². The third-order valence-electron chi connectivity index (χ3n) is 3.93. The minimum absolute atomic E-state index is 0. The molecule has 1 amide bonds. The number of nitrogens with one attached hydrogen (secondary N) is 1. The molecule has 1 N–H and O–H groups in total. The maximum atomic E-state index is 12.1. The second kappa shape index (κ2) is 8.87. The first kappa shape index (κ1) is 19.3. The summed E-state index contributed by atoms with van der Waals surface area (Å²) < 4.78 is 10.5. The van der Waals surface area contributed by atoms with Crippen molar-refractivity contribution in [3.8, 4) is 11.5 Å². The van der Waals surface area contributed by atoms with E-state index >= 15 is 0 Å². The summed E-state index contributed by atoms with van der Waals surface area (Å²) in [6.45, 7) is 0. The molecule has 1 aromatic heterocycles. The first-order valence-corrected chi connectivity index (χ1v) is 8.71. The summed E-state index contributed by atoms with van der Waals surface area (Å²) in [5, 5.41) is 3.52. The Labute approximate surface area is 157 Å². The quantitative estimate of drug-likeness (QED) is 0.793. The van der Waals surface area contributed by atoms with Gasteiger partial charge in [-0.25, -0.2) is 4.98 Å². The second-order valence-electron chi connectivity index (χ2n) is 5.53. The van der Waals surface area contributed by atoms with E-state index in [2.05, 4.69) is 10.3 Å². The monoisotopic (exact) mass is 380 g/mol. The molecule has 0 saturated carbocycles. The highest BCUT2D eigenvalue weighted by atomic mass is 35.5. The molecule has 0 bridgehead atoms. The summed E-state index contributed by atoms with van der Waals surface area (Å²) in [5.74, 6) is 1.19. The molecule has 0 fully saturated rings. The summed E-state index contributed by atoms with van der Waals surface area (Å²) >= 11 is 1.58. The van der Waals surface area contributed by atoms with Crippen LogP contribution in [0.1, 0.15) is 29.0 Å². The molecular formula is C18H21ClN2O3S. The molecule has 7 heteroatoms. The molecule has 1 aliphatic carbocycles. The average molecular weight is 381 g/mol. The fraction of sp³-hybridized carbons (Fsp3) is 0.333. The molecule has 0 unspecified atom stereocenters. The molecule has 2 aromatic rings. The van der Waals surface area contributed by atoms with Crippen molar-refractivity contribution >= 4 is 40.9 Å². The number of hydrogen-bond acceptors (Lipinski definition) is 5. The molecule has 0 atom stereocenters. The normalized spacial score (nSPS) is 13.0. The van der Waals surface area contributed by atoms with E-state index in [1.807, 2.05) is 18.2 Å². The zero-order valence-electron chi connectivity index (χ0n) is 14.2. The van der Waals surface area contributed by atoms with Crippen LogP contribution in [0.5, 0.6) is 11.5 Å². The molecule has 25 heavy (non-hydrogen) atoms. The van der Waals surface area contributed by atoms with Crippen molar-refractivity contribution in [3.05, 3.63) is 40.4 Å². The zero-order chi connectivity index (χ0) is 16.9. The van der Waals surface area contributed by atoms with E-state index in [1.54, 1.807) is 31.6 Å². The predicted molar refractivity (Wildman–Crippen MR) is 103 cm³/mol.